The number of aryl methyl sites for hydroxylation is 1. The Morgan fingerprint density at radius 3 is 2.52 bits per heavy atom. The van der Waals surface area contributed by atoms with Crippen LogP contribution in [0.2, 0.25) is 0 Å². The highest BCUT2D eigenvalue weighted by molar-refractivity contribution is 5.56. The van der Waals surface area contributed by atoms with E-state index < -0.39 is 0 Å². The van der Waals surface area contributed by atoms with Crippen LogP contribution in [0.5, 0.6) is 0 Å². The molecular weight excluding hydrogens is 286 g/mol. The zero-order chi connectivity index (χ0) is 16.7. The Bertz CT molecular complexity index is 543. The second kappa shape index (κ2) is 8.83. The van der Waals surface area contributed by atoms with E-state index >= 15 is 0 Å². The number of hydrogen-bond acceptors (Lipinski definition) is 5. The lowest BCUT2D eigenvalue weighted by molar-refractivity contribution is 0.198. The van der Waals surface area contributed by atoms with Crippen LogP contribution in [-0.2, 0) is 12.8 Å². The van der Waals surface area contributed by atoms with E-state index in [2.05, 4.69) is 47.4 Å². The maximum atomic E-state index is 9.49. The molecule has 1 fully saturated rings. The first-order chi connectivity index (χ1) is 11.2. The highest BCUT2D eigenvalue weighted by Gasteiger charge is 2.18. The predicted molar refractivity (Wildman–Crippen MR) is 93.5 cm³/mol. The number of likely N-dealkylation sites (N-methyl/N-ethyl adjacent to an activating group) is 1. The molecule has 1 heterocycles. The van der Waals surface area contributed by atoms with Crippen LogP contribution in [0, 0.1) is 11.3 Å². The normalized spacial score (nSPS) is 15.6. The summed E-state index contributed by atoms with van der Waals surface area (Å²) in [6.07, 6.45) is 8.34. The summed E-state index contributed by atoms with van der Waals surface area (Å²) < 4.78 is 0. The quantitative estimate of drug-likeness (QED) is 0.837. The highest BCUT2D eigenvalue weighted by Crippen LogP contribution is 2.22. The molecule has 0 atom stereocenters. The highest BCUT2D eigenvalue weighted by atomic mass is 15.2. The number of anilines is 1. The molecule has 23 heavy (non-hydrogen) atoms. The molecule has 2 rings (SSSR count). The maximum absolute atomic E-state index is 9.49. The fraction of sp³-hybridized carbons (Fsp3) is 0.722. The van der Waals surface area contributed by atoms with Crippen molar-refractivity contribution in [1.82, 2.24) is 15.1 Å². The van der Waals surface area contributed by atoms with Crippen LogP contribution in [0.1, 0.15) is 62.8 Å². The van der Waals surface area contributed by atoms with E-state index in [0.717, 1.165) is 37.2 Å². The Balaban J connectivity index is 1.96. The van der Waals surface area contributed by atoms with E-state index in [0.29, 0.717) is 17.4 Å². The third-order valence-electron chi connectivity index (χ3n) is 4.91. The van der Waals surface area contributed by atoms with Gasteiger partial charge in [0.25, 0.3) is 0 Å². The van der Waals surface area contributed by atoms with Gasteiger partial charge in [-0.15, -0.1) is 5.10 Å². The molecule has 0 bridgehead atoms. The second-order valence-electron chi connectivity index (χ2n) is 6.37. The van der Waals surface area contributed by atoms with Gasteiger partial charge in [-0.3, -0.25) is 0 Å². The third kappa shape index (κ3) is 4.42. The lowest BCUT2D eigenvalue weighted by atomic mass is 9.94. The van der Waals surface area contributed by atoms with Crippen LogP contribution in [0.4, 0.5) is 5.82 Å². The summed E-state index contributed by atoms with van der Waals surface area (Å²) in [5, 5.41) is 21.3. The molecule has 1 saturated carbocycles. The SMILES string of the molecule is CCc1nnc(NCCN(C)C2CCCCC2)c(C#N)c1CC. The summed E-state index contributed by atoms with van der Waals surface area (Å²) in [6, 6.07) is 3.02. The van der Waals surface area contributed by atoms with Crippen molar-refractivity contribution in [3.05, 3.63) is 16.8 Å². The molecule has 1 N–H and O–H groups in total. The number of nitrogens with zero attached hydrogens (tertiary/aromatic N) is 4. The summed E-state index contributed by atoms with van der Waals surface area (Å²) in [6.45, 7) is 5.88. The number of nitrogens with one attached hydrogen (secondary N) is 1. The van der Waals surface area contributed by atoms with E-state index in [-0.39, 0.29) is 0 Å². The standard InChI is InChI=1S/C18H29N5/c1-4-15-16(13-19)18(22-21-17(15)5-2)20-11-12-23(3)14-9-7-6-8-10-14/h14H,4-12H2,1-3H3,(H,20,22). The van der Waals surface area contributed by atoms with Gasteiger partial charge in [0.1, 0.15) is 11.6 Å². The summed E-state index contributed by atoms with van der Waals surface area (Å²) in [5.74, 6) is 0.638. The van der Waals surface area contributed by atoms with Crippen LogP contribution >= 0.6 is 0 Å². The van der Waals surface area contributed by atoms with Crippen LogP contribution < -0.4 is 5.32 Å². The van der Waals surface area contributed by atoms with Gasteiger partial charge in [0.05, 0.1) is 5.69 Å². The average Bonchev–Trinajstić information content (AvgIpc) is 2.61. The van der Waals surface area contributed by atoms with Gasteiger partial charge < -0.3 is 10.2 Å². The lowest BCUT2D eigenvalue weighted by Crippen LogP contribution is -2.36. The van der Waals surface area contributed by atoms with Crippen molar-refractivity contribution in [3.8, 4) is 6.07 Å². The lowest BCUT2D eigenvalue weighted by Gasteiger charge is -2.31. The van der Waals surface area contributed by atoms with Gasteiger partial charge in [0.15, 0.2) is 5.82 Å². The van der Waals surface area contributed by atoms with Crippen molar-refractivity contribution in [2.75, 3.05) is 25.5 Å². The number of nitriles is 1. The molecular formula is C18H29N5. The largest absolute Gasteiger partial charge is 0.366 e. The zero-order valence-electron chi connectivity index (χ0n) is 14.7. The maximum Gasteiger partial charge on any atom is 0.166 e. The predicted octanol–water partition coefficient (Wildman–Crippen LogP) is 3.15. The Labute approximate surface area is 140 Å². The minimum absolute atomic E-state index is 0.638. The minimum atomic E-state index is 0.638. The van der Waals surface area contributed by atoms with Gasteiger partial charge in [-0.25, -0.2) is 0 Å². The summed E-state index contributed by atoms with van der Waals surface area (Å²) in [5.41, 5.74) is 2.64. The molecule has 0 unspecified atom stereocenters. The molecule has 1 aromatic rings. The van der Waals surface area contributed by atoms with E-state index in [1.165, 1.54) is 32.1 Å². The first-order valence-electron chi connectivity index (χ1n) is 8.93. The van der Waals surface area contributed by atoms with Gasteiger partial charge >= 0.3 is 0 Å². The third-order valence-corrected chi connectivity index (χ3v) is 4.91. The summed E-state index contributed by atoms with van der Waals surface area (Å²) in [4.78, 5) is 2.44. The molecule has 0 amide bonds. The monoisotopic (exact) mass is 315 g/mol. The Morgan fingerprint density at radius 2 is 1.91 bits per heavy atom. The average molecular weight is 315 g/mol. The van der Waals surface area contributed by atoms with Gasteiger partial charge in [0, 0.05) is 19.1 Å². The molecule has 1 aromatic heterocycles. The van der Waals surface area contributed by atoms with Crippen LogP contribution in [-0.4, -0.2) is 41.3 Å². The fourth-order valence-electron chi connectivity index (χ4n) is 3.47. The van der Waals surface area contributed by atoms with Crippen molar-refractivity contribution in [3.63, 3.8) is 0 Å². The Morgan fingerprint density at radius 1 is 1.17 bits per heavy atom. The smallest absolute Gasteiger partial charge is 0.166 e. The topological polar surface area (TPSA) is 64.8 Å². The van der Waals surface area contributed by atoms with Crippen LogP contribution in [0.3, 0.4) is 0 Å². The van der Waals surface area contributed by atoms with Crippen LogP contribution in [0.25, 0.3) is 0 Å². The van der Waals surface area contributed by atoms with Crippen molar-refractivity contribution in [2.24, 2.45) is 0 Å². The molecule has 126 valence electrons. The van der Waals surface area contributed by atoms with E-state index in [1.807, 2.05) is 0 Å². The first kappa shape index (κ1) is 17.7. The molecule has 0 aliphatic heterocycles. The molecule has 0 radical (unpaired) electrons. The second-order valence-corrected chi connectivity index (χ2v) is 6.37. The van der Waals surface area contributed by atoms with Gasteiger partial charge in [-0.1, -0.05) is 33.1 Å². The minimum Gasteiger partial charge on any atom is -0.366 e. The van der Waals surface area contributed by atoms with Gasteiger partial charge in [0.2, 0.25) is 0 Å². The van der Waals surface area contributed by atoms with Gasteiger partial charge in [-0.2, -0.15) is 10.4 Å². The Kier molecular flexibility index (Phi) is 6.79. The summed E-state index contributed by atoms with van der Waals surface area (Å²) >= 11 is 0. The molecule has 0 saturated heterocycles. The van der Waals surface area contributed by atoms with Crippen molar-refractivity contribution >= 4 is 5.82 Å². The van der Waals surface area contributed by atoms with E-state index in [4.69, 9.17) is 0 Å². The zero-order valence-corrected chi connectivity index (χ0v) is 14.7. The van der Waals surface area contributed by atoms with Crippen molar-refractivity contribution in [2.45, 2.75) is 64.8 Å². The fourth-order valence-corrected chi connectivity index (χ4v) is 3.47. The molecule has 5 heteroatoms. The van der Waals surface area contributed by atoms with Crippen LogP contribution in [0.15, 0.2) is 0 Å². The Hall–Kier alpha value is -1.67. The van der Waals surface area contributed by atoms with E-state index in [1.54, 1.807) is 0 Å². The summed E-state index contributed by atoms with van der Waals surface area (Å²) in [7, 11) is 2.20. The van der Waals surface area contributed by atoms with Gasteiger partial charge in [-0.05, 0) is 38.3 Å². The molecule has 1 aliphatic rings. The number of rotatable bonds is 7. The first-order valence-corrected chi connectivity index (χ1v) is 8.93. The van der Waals surface area contributed by atoms with E-state index in [9.17, 15) is 5.26 Å². The molecule has 1 aliphatic carbocycles. The van der Waals surface area contributed by atoms with Crippen molar-refractivity contribution in [1.29, 1.82) is 5.26 Å². The number of hydrogen-bond donors (Lipinski definition) is 1. The van der Waals surface area contributed by atoms with Crippen molar-refractivity contribution < 1.29 is 0 Å². The molecule has 0 spiro atoms. The number of aromatic nitrogens is 2. The molecule has 0 aromatic carbocycles. The molecule has 5 nitrogen and oxygen atoms in total.